The van der Waals surface area contributed by atoms with E-state index >= 15 is 0 Å². The fraction of sp³-hybridized carbons (Fsp3) is 0.714. The third kappa shape index (κ3) is 4.61. The van der Waals surface area contributed by atoms with Crippen LogP contribution in [0.1, 0.15) is 27.7 Å². The van der Waals surface area contributed by atoms with Crippen molar-refractivity contribution < 1.29 is 19.5 Å². The summed E-state index contributed by atoms with van der Waals surface area (Å²) in [6.07, 6.45) is 2.98. The van der Waals surface area contributed by atoms with Crippen LogP contribution in [0.2, 0.25) is 0 Å². The first-order valence-electron chi connectivity index (χ1n) is 6.58. The van der Waals surface area contributed by atoms with Crippen molar-refractivity contribution in [1.29, 1.82) is 0 Å². The highest BCUT2D eigenvalue weighted by Crippen LogP contribution is 2.32. The smallest absolute Gasteiger partial charge is 0.128 e. The average molecular weight is 284 g/mol. The highest BCUT2D eigenvalue weighted by molar-refractivity contribution is 5.91. The summed E-state index contributed by atoms with van der Waals surface area (Å²) < 4.78 is 10.7. The molecule has 6 heteroatoms. The standard InChI is InChI=1S/C7H11NO2.C7H13NO2/c1-7(2)5-3-10-8-6(5)4-9-7;1-4-7(2,3)10-6-5-8-9/h5H,3-4H2,1-2H3;4-5,9H,1,6H2,2-3H3. The fourth-order valence-corrected chi connectivity index (χ4v) is 1.79. The van der Waals surface area contributed by atoms with Gasteiger partial charge in [0, 0.05) is 0 Å². The highest BCUT2D eigenvalue weighted by atomic mass is 16.6. The molecule has 2 rings (SSSR count). The van der Waals surface area contributed by atoms with Gasteiger partial charge in [-0.3, -0.25) is 0 Å². The zero-order chi connectivity index (χ0) is 15.2. The predicted octanol–water partition coefficient (Wildman–Crippen LogP) is 2.23. The maximum atomic E-state index is 8.00. The van der Waals surface area contributed by atoms with E-state index in [0.29, 0.717) is 25.7 Å². The molecule has 0 aromatic rings. The van der Waals surface area contributed by atoms with Gasteiger partial charge >= 0.3 is 0 Å². The maximum Gasteiger partial charge on any atom is 0.128 e. The summed E-state index contributed by atoms with van der Waals surface area (Å²) in [4.78, 5) is 4.96. The van der Waals surface area contributed by atoms with Crippen LogP contribution >= 0.6 is 0 Å². The first-order valence-corrected chi connectivity index (χ1v) is 6.58. The number of fused-ring (bicyclic) bond motifs is 1. The van der Waals surface area contributed by atoms with Crippen LogP contribution in [0.3, 0.4) is 0 Å². The molecule has 2 aliphatic heterocycles. The van der Waals surface area contributed by atoms with Gasteiger partial charge in [-0.05, 0) is 27.7 Å². The molecule has 1 saturated heterocycles. The Morgan fingerprint density at radius 1 is 1.60 bits per heavy atom. The predicted molar refractivity (Wildman–Crippen MR) is 77.4 cm³/mol. The van der Waals surface area contributed by atoms with Gasteiger partial charge in [-0.2, -0.15) is 0 Å². The quantitative estimate of drug-likeness (QED) is 0.372. The summed E-state index contributed by atoms with van der Waals surface area (Å²) in [6.45, 7) is 13.1. The van der Waals surface area contributed by atoms with Crippen LogP contribution in [0, 0.1) is 5.92 Å². The number of ether oxygens (including phenoxy) is 2. The molecule has 1 N–H and O–H groups in total. The maximum absolute atomic E-state index is 8.00. The summed E-state index contributed by atoms with van der Waals surface area (Å²) in [5.74, 6) is 0.396. The zero-order valence-electron chi connectivity index (χ0n) is 12.6. The van der Waals surface area contributed by atoms with Crippen molar-refractivity contribution >= 4 is 11.9 Å². The lowest BCUT2D eigenvalue weighted by molar-refractivity contribution is -0.0128. The Bertz CT molecular complexity index is 389. The fourth-order valence-electron chi connectivity index (χ4n) is 1.79. The van der Waals surface area contributed by atoms with E-state index in [0.717, 1.165) is 5.71 Å². The molecule has 2 aliphatic rings. The van der Waals surface area contributed by atoms with Gasteiger partial charge in [-0.25, -0.2) is 0 Å². The van der Waals surface area contributed by atoms with Crippen molar-refractivity contribution in [2.24, 2.45) is 16.2 Å². The molecule has 0 spiro atoms. The van der Waals surface area contributed by atoms with Crippen LogP contribution in [0.5, 0.6) is 0 Å². The average Bonchev–Trinajstić information content (AvgIpc) is 2.96. The summed E-state index contributed by atoms with van der Waals surface area (Å²) in [7, 11) is 0. The van der Waals surface area contributed by atoms with Gasteiger partial charge in [0.1, 0.15) is 6.61 Å². The van der Waals surface area contributed by atoms with Crippen LogP contribution in [0.15, 0.2) is 23.0 Å². The van der Waals surface area contributed by atoms with Crippen LogP contribution < -0.4 is 0 Å². The first kappa shape index (κ1) is 16.7. The number of rotatable bonds is 4. The Hall–Kier alpha value is -1.40. The molecular formula is C14H24N2O4. The van der Waals surface area contributed by atoms with E-state index in [1.807, 2.05) is 13.8 Å². The van der Waals surface area contributed by atoms with Crippen molar-refractivity contribution in [2.45, 2.75) is 38.9 Å². The van der Waals surface area contributed by atoms with E-state index < -0.39 is 0 Å². The van der Waals surface area contributed by atoms with Crippen LogP contribution in [-0.2, 0) is 14.3 Å². The van der Waals surface area contributed by atoms with Crippen molar-refractivity contribution in [3.8, 4) is 0 Å². The largest absolute Gasteiger partial charge is 0.411 e. The highest BCUT2D eigenvalue weighted by Gasteiger charge is 2.44. The van der Waals surface area contributed by atoms with E-state index in [1.165, 1.54) is 6.21 Å². The third-order valence-electron chi connectivity index (χ3n) is 3.36. The summed E-state index contributed by atoms with van der Waals surface area (Å²) >= 11 is 0. The monoisotopic (exact) mass is 284 g/mol. The molecule has 2 heterocycles. The molecule has 0 aromatic carbocycles. The van der Waals surface area contributed by atoms with Crippen LogP contribution in [0.4, 0.5) is 0 Å². The Morgan fingerprint density at radius 2 is 2.30 bits per heavy atom. The van der Waals surface area contributed by atoms with Crippen molar-refractivity contribution in [3.63, 3.8) is 0 Å². The van der Waals surface area contributed by atoms with E-state index in [-0.39, 0.29) is 11.2 Å². The Morgan fingerprint density at radius 3 is 2.85 bits per heavy atom. The van der Waals surface area contributed by atoms with Gasteiger partial charge in [0.05, 0.1) is 42.3 Å². The van der Waals surface area contributed by atoms with Crippen LogP contribution in [-0.4, -0.2) is 48.2 Å². The Balaban J connectivity index is 0.000000200. The van der Waals surface area contributed by atoms with Gasteiger partial charge in [0.25, 0.3) is 0 Å². The first-order chi connectivity index (χ1) is 9.32. The van der Waals surface area contributed by atoms with Crippen LogP contribution in [0.25, 0.3) is 0 Å². The number of hydrogen-bond acceptors (Lipinski definition) is 6. The van der Waals surface area contributed by atoms with E-state index in [2.05, 4.69) is 30.7 Å². The minimum absolute atomic E-state index is 0.0602. The molecule has 1 unspecified atom stereocenters. The summed E-state index contributed by atoms with van der Waals surface area (Å²) in [6, 6.07) is 0. The molecule has 114 valence electrons. The molecule has 20 heavy (non-hydrogen) atoms. The lowest BCUT2D eigenvalue weighted by Gasteiger charge is -2.21. The molecule has 0 radical (unpaired) electrons. The second-order valence-corrected chi connectivity index (χ2v) is 5.74. The normalized spacial score (nSPS) is 23.6. The number of oxime groups is 2. The molecule has 0 bridgehead atoms. The van der Waals surface area contributed by atoms with Gasteiger partial charge in [-0.15, -0.1) is 6.58 Å². The molecular weight excluding hydrogens is 260 g/mol. The van der Waals surface area contributed by atoms with E-state index in [4.69, 9.17) is 19.5 Å². The molecule has 6 nitrogen and oxygen atoms in total. The van der Waals surface area contributed by atoms with Gasteiger partial charge in [0.15, 0.2) is 0 Å². The van der Waals surface area contributed by atoms with Crippen molar-refractivity contribution in [3.05, 3.63) is 12.7 Å². The van der Waals surface area contributed by atoms with Crippen molar-refractivity contribution in [1.82, 2.24) is 0 Å². The summed E-state index contributed by atoms with van der Waals surface area (Å²) in [5, 5.41) is 14.7. The zero-order valence-corrected chi connectivity index (χ0v) is 12.6. The van der Waals surface area contributed by atoms with Crippen molar-refractivity contribution in [2.75, 3.05) is 19.8 Å². The summed E-state index contributed by atoms with van der Waals surface area (Å²) in [5.41, 5.74) is 0.668. The number of hydrogen-bond donors (Lipinski definition) is 1. The van der Waals surface area contributed by atoms with E-state index in [1.54, 1.807) is 6.08 Å². The lowest BCUT2D eigenvalue weighted by Crippen LogP contribution is -2.30. The topological polar surface area (TPSA) is 72.6 Å². The molecule has 0 saturated carbocycles. The SMILES string of the molecule is C=CC(C)(C)OCC=NO.CC1(C)OCC2=NOCC21. The molecule has 0 aromatic heterocycles. The second-order valence-electron chi connectivity index (χ2n) is 5.74. The Kier molecular flexibility index (Phi) is 5.71. The molecule has 0 aliphatic carbocycles. The van der Waals surface area contributed by atoms with E-state index in [9.17, 15) is 0 Å². The molecule has 1 fully saturated rings. The third-order valence-corrected chi connectivity index (χ3v) is 3.36. The number of nitrogens with zero attached hydrogens (tertiary/aromatic N) is 2. The minimum atomic E-state index is -0.346. The van der Waals surface area contributed by atoms with Gasteiger partial charge in [0.2, 0.25) is 0 Å². The van der Waals surface area contributed by atoms with Gasteiger partial charge in [-0.1, -0.05) is 16.4 Å². The van der Waals surface area contributed by atoms with Gasteiger partial charge < -0.3 is 19.5 Å². The minimum Gasteiger partial charge on any atom is -0.411 e. The Labute approximate surface area is 120 Å². The molecule has 1 atom stereocenters. The second kappa shape index (κ2) is 6.85. The lowest BCUT2D eigenvalue weighted by atomic mass is 9.91. The molecule has 0 amide bonds.